The molecule has 0 spiro atoms. The number of Topliss-reactive ketones (excluding diaryl/α,β-unsaturated/α-hetero) is 1. The molecule has 1 amide bonds. The summed E-state index contributed by atoms with van der Waals surface area (Å²) in [5.74, 6) is 0.200. The monoisotopic (exact) mass is 469 g/mol. The van der Waals surface area contributed by atoms with Crippen LogP contribution in [0.15, 0.2) is 40.6 Å². The minimum atomic E-state index is -1.49. The van der Waals surface area contributed by atoms with E-state index in [1.54, 1.807) is 6.07 Å². The van der Waals surface area contributed by atoms with Gasteiger partial charge in [-0.3, -0.25) is 9.59 Å². The van der Waals surface area contributed by atoms with Crippen molar-refractivity contribution in [2.75, 3.05) is 32.9 Å². The van der Waals surface area contributed by atoms with Crippen molar-refractivity contribution in [3.05, 3.63) is 35.4 Å². The largest absolute Gasteiger partial charge is 0.493 e. The summed E-state index contributed by atoms with van der Waals surface area (Å²) in [5, 5.41) is 8.02. The molecule has 0 aliphatic carbocycles. The van der Waals surface area contributed by atoms with Crippen LogP contribution < -0.4 is 23.4 Å². The van der Waals surface area contributed by atoms with Crippen LogP contribution in [0.1, 0.15) is 6.92 Å². The highest BCUT2D eigenvalue weighted by molar-refractivity contribution is 6.39. The normalized spacial score (nSPS) is 11.7. The van der Waals surface area contributed by atoms with Crippen LogP contribution in [0, 0.1) is 0 Å². The van der Waals surface area contributed by atoms with Gasteiger partial charge in [-0.25, -0.2) is 4.42 Å². The first kappa shape index (κ1) is 24.2. The summed E-state index contributed by atoms with van der Waals surface area (Å²) in [5.41, 5.74) is 0.445. The predicted molar refractivity (Wildman–Crippen MR) is 116 cm³/mol. The van der Waals surface area contributed by atoms with Gasteiger partial charge in [0.2, 0.25) is 6.04 Å². The second kappa shape index (κ2) is 10.8. The van der Waals surface area contributed by atoms with Crippen molar-refractivity contribution in [2.45, 2.75) is 13.0 Å². The topological polar surface area (TPSA) is 99.0 Å². The first-order chi connectivity index (χ1) is 14.8. The number of rotatable bonds is 9. The van der Waals surface area contributed by atoms with Gasteiger partial charge in [0.05, 0.1) is 39.1 Å². The number of amides is 1. The number of azo groups is 1. The molecule has 11 heteroatoms. The summed E-state index contributed by atoms with van der Waals surface area (Å²) in [6.07, 6.45) is 0. The minimum Gasteiger partial charge on any atom is -0.493 e. The first-order valence-corrected chi connectivity index (χ1v) is 9.53. The number of carbonyl (C=O) groups excluding carboxylic acids is 2. The molecule has 0 aromatic heterocycles. The molecule has 0 aliphatic heterocycles. The summed E-state index contributed by atoms with van der Waals surface area (Å²) >= 11 is 12.4. The van der Waals surface area contributed by atoms with Crippen molar-refractivity contribution in [1.29, 1.82) is 0 Å². The fourth-order valence-electron chi connectivity index (χ4n) is 2.53. The Labute approximate surface area is 189 Å². The molecule has 0 saturated carbocycles. The van der Waals surface area contributed by atoms with Crippen LogP contribution in [0.4, 0.5) is 11.4 Å². The molecule has 1 unspecified atom stereocenters. The van der Waals surface area contributed by atoms with E-state index in [1.807, 2.05) is 0 Å². The average Bonchev–Trinajstić information content (AvgIpc) is 2.78. The summed E-state index contributed by atoms with van der Waals surface area (Å²) in [7, 11) is 5.83. The zero-order valence-corrected chi connectivity index (χ0v) is 19.0. The number of nitrogens with zero attached hydrogens (tertiary/aromatic N) is 3. The van der Waals surface area contributed by atoms with Gasteiger partial charge in [-0.05, 0) is 19.1 Å². The number of anilines is 1. The lowest BCUT2D eigenvalue weighted by atomic mass is 10.2. The number of benzene rings is 2. The van der Waals surface area contributed by atoms with Gasteiger partial charge in [0.1, 0.15) is 5.69 Å². The van der Waals surface area contributed by atoms with Gasteiger partial charge in [0.25, 0.3) is 5.91 Å². The fourth-order valence-corrected chi connectivity index (χ4v) is 2.92. The van der Waals surface area contributed by atoms with Gasteiger partial charge >= 0.3 is 0 Å². The molecular formula is C20H21Cl2N3O6. The fraction of sp³-hybridized carbons (Fsp3) is 0.300. The van der Waals surface area contributed by atoms with Crippen LogP contribution in [-0.2, 0) is 9.59 Å². The van der Waals surface area contributed by atoms with Crippen LogP contribution in [0.3, 0.4) is 0 Å². The molecule has 2 aromatic carbocycles. The molecule has 0 bridgehead atoms. The Morgan fingerprint density at radius 3 is 2.00 bits per heavy atom. The van der Waals surface area contributed by atoms with Crippen molar-refractivity contribution >= 4 is 46.4 Å². The number of carbonyl (C=O) groups is 2. The van der Waals surface area contributed by atoms with Crippen LogP contribution in [0.2, 0.25) is 5.02 Å². The van der Waals surface area contributed by atoms with Crippen molar-refractivity contribution in [3.63, 3.8) is 0 Å². The Morgan fingerprint density at radius 2 is 1.45 bits per heavy atom. The predicted octanol–water partition coefficient (Wildman–Crippen LogP) is 4.60. The van der Waals surface area contributed by atoms with Gasteiger partial charge in [-0.2, -0.15) is 10.2 Å². The van der Waals surface area contributed by atoms with Crippen molar-refractivity contribution in [2.24, 2.45) is 10.2 Å². The van der Waals surface area contributed by atoms with Crippen molar-refractivity contribution in [1.82, 2.24) is 0 Å². The Balaban J connectivity index is 2.34. The summed E-state index contributed by atoms with van der Waals surface area (Å²) in [6.45, 7) is 1.21. The molecule has 2 aromatic rings. The van der Waals surface area contributed by atoms with E-state index >= 15 is 0 Å². The summed E-state index contributed by atoms with van der Waals surface area (Å²) < 4.78 is 21.5. The van der Waals surface area contributed by atoms with Crippen LogP contribution in [0.25, 0.3) is 0 Å². The van der Waals surface area contributed by atoms with E-state index in [-0.39, 0.29) is 16.4 Å². The lowest BCUT2D eigenvalue weighted by Gasteiger charge is -2.18. The third kappa shape index (κ3) is 5.56. The van der Waals surface area contributed by atoms with E-state index in [0.717, 1.165) is 4.42 Å². The molecule has 2 rings (SSSR count). The Morgan fingerprint density at radius 1 is 0.903 bits per heavy atom. The van der Waals surface area contributed by atoms with Gasteiger partial charge in [-0.15, -0.1) is 0 Å². The Hall–Kier alpha value is -3.04. The maximum atomic E-state index is 12.8. The first-order valence-electron chi connectivity index (χ1n) is 8.81. The number of ether oxygens (including phenoxy) is 4. The quantitative estimate of drug-likeness (QED) is 0.302. The van der Waals surface area contributed by atoms with E-state index in [2.05, 4.69) is 10.2 Å². The number of halogens is 2. The van der Waals surface area contributed by atoms with Crippen LogP contribution >= 0.6 is 23.4 Å². The van der Waals surface area contributed by atoms with E-state index < -0.39 is 17.7 Å². The zero-order valence-electron chi connectivity index (χ0n) is 17.5. The third-order valence-electron chi connectivity index (χ3n) is 4.14. The molecule has 1 atom stereocenters. The van der Waals surface area contributed by atoms with E-state index in [1.165, 1.54) is 59.6 Å². The second-order valence-corrected chi connectivity index (χ2v) is 6.79. The molecule has 9 nitrogen and oxygen atoms in total. The molecule has 0 aliphatic rings. The minimum absolute atomic E-state index is 0.186. The number of hydrogen-bond donors (Lipinski definition) is 0. The van der Waals surface area contributed by atoms with Crippen molar-refractivity contribution < 1.29 is 28.5 Å². The van der Waals surface area contributed by atoms with E-state index in [4.69, 9.17) is 42.3 Å². The lowest BCUT2D eigenvalue weighted by molar-refractivity contribution is -0.126. The maximum Gasteiger partial charge on any atom is 0.276 e. The molecule has 0 radical (unpaired) electrons. The molecule has 31 heavy (non-hydrogen) atoms. The average molecular weight is 470 g/mol. The molecule has 0 fully saturated rings. The van der Waals surface area contributed by atoms with Crippen molar-refractivity contribution in [3.8, 4) is 23.0 Å². The highest BCUT2D eigenvalue weighted by Gasteiger charge is 2.29. The van der Waals surface area contributed by atoms with E-state index in [9.17, 15) is 9.59 Å². The summed E-state index contributed by atoms with van der Waals surface area (Å²) in [6, 6.07) is 6.06. The van der Waals surface area contributed by atoms with Gasteiger partial charge < -0.3 is 18.9 Å². The number of ketones is 1. The highest BCUT2D eigenvalue weighted by atomic mass is 35.5. The third-order valence-corrected chi connectivity index (χ3v) is 4.80. The summed E-state index contributed by atoms with van der Waals surface area (Å²) in [4.78, 5) is 24.9. The smallest absolute Gasteiger partial charge is 0.276 e. The maximum absolute atomic E-state index is 12.8. The number of methoxy groups -OCH3 is 4. The molecular weight excluding hydrogens is 449 g/mol. The number of hydrogen-bond acceptors (Lipinski definition) is 8. The van der Waals surface area contributed by atoms with Crippen LogP contribution in [0.5, 0.6) is 23.0 Å². The Bertz CT molecular complexity index is 999. The molecule has 0 N–H and O–H groups in total. The molecule has 166 valence electrons. The van der Waals surface area contributed by atoms with Gasteiger partial charge in [-0.1, -0.05) is 11.6 Å². The Kier molecular flexibility index (Phi) is 8.47. The standard InChI is InChI=1S/C20H21Cl2N3O6/c1-11(26)19(24-23-14-10-18(31-5)17(30-4)9-13(14)21)20(27)25(22)12-6-7-15(28-2)16(8-12)29-3/h6-10,19H,1-5H3. The lowest BCUT2D eigenvalue weighted by Crippen LogP contribution is -2.36. The van der Waals surface area contributed by atoms with Gasteiger partial charge in [0, 0.05) is 30.0 Å². The van der Waals surface area contributed by atoms with E-state index in [0.29, 0.717) is 23.0 Å². The zero-order chi connectivity index (χ0) is 23.1. The van der Waals surface area contributed by atoms with Gasteiger partial charge in [0.15, 0.2) is 28.8 Å². The highest BCUT2D eigenvalue weighted by Crippen LogP contribution is 2.38. The van der Waals surface area contributed by atoms with Crippen LogP contribution in [-0.4, -0.2) is 46.2 Å². The molecule has 0 heterocycles. The second-order valence-electron chi connectivity index (χ2n) is 6.05. The molecule has 0 saturated heterocycles. The SMILES string of the molecule is COc1ccc(N(Cl)C(=O)C(N=Nc2cc(OC)c(OC)cc2Cl)C(C)=O)cc1OC.